The molecule has 0 aliphatic heterocycles. The Balaban J connectivity index is 1.42. The van der Waals surface area contributed by atoms with E-state index in [-0.39, 0.29) is 0 Å². The first-order valence-electron chi connectivity index (χ1n) is 10.2. The van der Waals surface area contributed by atoms with E-state index in [2.05, 4.69) is 45.3 Å². The van der Waals surface area contributed by atoms with E-state index >= 15 is 0 Å². The van der Waals surface area contributed by atoms with Gasteiger partial charge in [0.25, 0.3) is 0 Å². The van der Waals surface area contributed by atoms with Crippen LogP contribution in [0, 0.1) is 0 Å². The van der Waals surface area contributed by atoms with Gasteiger partial charge >= 0.3 is 0 Å². The molecule has 5 nitrogen and oxygen atoms in total. The molecule has 0 radical (unpaired) electrons. The lowest BCUT2D eigenvalue weighted by molar-refractivity contribution is 0.428. The summed E-state index contributed by atoms with van der Waals surface area (Å²) in [7, 11) is 0. The zero-order valence-corrected chi connectivity index (χ0v) is 17.4. The summed E-state index contributed by atoms with van der Waals surface area (Å²) in [6.07, 6.45) is 7.59. The van der Waals surface area contributed by atoms with Gasteiger partial charge in [-0.1, -0.05) is 24.3 Å². The van der Waals surface area contributed by atoms with Crippen molar-refractivity contribution in [2.24, 2.45) is 0 Å². The third-order valence-corrected chi connectivity index (χ3v) is 5.17. The maximum Gasteiger partial charge on any atom is 0.138 e. The Labute approximate surface area is 180 Å². The maximum absolute atomic E-state index is 5.83. The average Bonchev–Trinajstić information content (AvgIpc) is 3.44. The van der Waals surface area contributed by atoms with Crippen molar-refractivity contribution in [2.45, 2.75) is 13.8 Å². The number of aromatic nitrogens is 4. The molecular formula is C26H22N4O. The van der Waals surface area contributed by atoms with Gasteiger partial charge in [-0.2, -0.15) is 0 Å². The monoisotopic (exact) mass is 406 g/mol. The Morgan fingerprint density at radius 2 is 1.58 bits per heavy atom. The van der Waals surface area contributed by atoms with E-state index in [4.69, 9.17) is 9.72 Å². The highest BCUT2D eigenvalue weighted by Crippen LogP contribution is 2.28. The first kappa shape index (κ1) is 18.9. The van der Waals surface area contributed by atoms with Crippen LogP contribution in [0.3, 0.4) is 0 Å². The summed E-state index contributed by atoms with van der Waals surface area (Å²) >= 11 is 0. The third-order valence-electron chi connectivity index (χ3n) is 5.17. The van der Waals surface area contributed by atoms with Gasteiger partial charge in [0, 0.05) is 5.56 Å². The molecule has 0 saturated heterocycles. The van der Waals surface area contributed by atoms with Gasteiger partial charge in [0.1, 0.15) is 17.3 Å². The number of imidazole rings is 2. The van der Waals surface area contributed by atoms with Gasteiger partial charge in [0.2, 0.25) is 0 Å². The van der Waals surface area contributed by atoms with Crippen LogP contribution in [0.5, 0.6) is 5.75 Å². The average molecular weight is 406 g/mol. The number of nitrogens with one attached hydrogen (secondary N) is 2. The third kappa shape index (κ3) is 3.85. The zero-order valence-electron chi connectivity index (χ0n) is 17.4. The van der Waals surface area contributed by atoms with E-state index in [1.165, 1.54) is 0 Å². The first-order chi connectivity index (χ1) is 15.2. The highest BCUT2D eigenvalue weighted by molar-refractivity contribution is 5.87. The van der Waals surface area contributed by atoms with Gasteiger partial charge in [-0.3, -0.25) is 0 Å². The van der Waals surface area contributed by atoms with Gasteiger partial charge in [-0.05, 0) is 79.6 Å². The Morgan fingerprint density at radius 1 is 0.871 bits per heavy atom. The number of allylic oxidation sites excluding steroid dienone is 4. The summed E-state index contributed by atoms with van der Waals surface area (Å²) in [4.78, 5) is 15.7. The van der Waals surface area contributed by atoms with Crippen molar-refractivity contribution in [3.8, 4) is 28.3 Å². The van der Waals surface area contributed by atoms with E-state index in [1.807, 2.05) is 62.4 Å². The molecule has 0 aliphatic carbocycles. The minimum Gasteiger partial charge on any atom is -0.462 e. The minimum atomic E-state index is 0.801. The number of fused-ring (bicyclic) bond motifs is 2. The zero-order chi connectivity index (χ0) is 21.2. The molecule has 31 heavy (non-hydrogen) atoms. The van der Waals surface area contributed by atoms with Crippen molar-refractivity contribution in [3.05, 3.63) is 91.0 Å². The molecule has 0 bridgehead atoms. The smallest absolute Gasteiger partial charge is 0.138 e. The summed E-state index contributed by atoms with van der Waals surface area (Å²) in [6.45, 7) is 3.92. The SMILES string of the molecule is C/C=C\C=C(/C)Oc1ccc(-c2nc3ccc(-c4ccc5nc[nH]c5c4)cc3[nH]2)cc1. The van der Waals surface area contributed by atoms with Crippen LogP contribution in [0.2, 0.25) is 0 Å². The van der Waals surface area contributed by atoms with E-state index in [0.717, 1.165) is 56.1 Å². The van der Waals surface area contributed by atoms with Gasteiger partial charge < -0.3 is 14.7 Å². The molecule has 152 valence electrons. The summed E-state index contributed by atoms with van der Waals surface area (Å²) < 4.78 is 5.83. The Bertz CT molecular complexity index is 1420. The Hall–Kier alpha value is -4.12. The van der Waals surface area contributed by atoms with E-state index in [9.17, 15) is 0 Å². The second-order valence-electron chi connectivity index (χ2n) is 7.38. The molecule has 2 aromatic heterocycles. The van der Waals surface area contributed by atoms with Gasteiger partial charge in [0.05, 0.1) is 28.4 Å². The molecule has 0 fully saturated rings. The molecule has 5 rings (SSSR count). The largest absolute Gasteiger partial charge is 0.462 e. The fraction of sp³-hybridized carbons (Fsp3) is 0.0769. The molecule has 5 heteroatoms. The Kier molecular flexibility index (Phi) is 4.84. The van der Waals surface area contributed by atoms with Crippen molar-refractivity contribution < 1.29 is 4.74 Å². The number of ether oxygens (including phenoxy) is 1. The lowest BCUT2D eigenvalue weighted by Crippen LogP contribution is -1.90. The van der Waals surface area contributed by atoms with E-state index in [0.29, 0.717) is 0 Å². The van der Waals surface area contributed by atoms with Crippen LogP contribution in [-0.4, -0.2) is 19.9 Å². The highest BCUT2D eigenvalue weighted by Gasteiger charge is 2.08. The van der Waals surface area contributed by atoms with Gasteiger partial charge in [-0.25, -0.2) is 9.97 Å². The second-order valence-corrected chi connectivity index (χ2v) is 7.38. The van der Waals surface area contributed by atoms with Crippen LogP contribution in [0.15, 0.2) is 91.0 Å². The second kappa shape index (κ2) is 7.95. The molecular weight excluding hydrogens is 384 g/mol. The topological polar surface area (TPSA) is 66.6 Å². The standard InChI is InChI=1S/C26H22N4O/c1-3-4-5-17(2)31-21-10-6-18(7-11-21)26-29-23-13-9-20(15-25(23)30-26)19-8-12-22-24(14-19)28-16-27-22/h3-16H,1-2H3,(H,27,28)(H,29,30)/b4-3-,17-5+. The fourth-order valence-electron chi connectivity index (χ4n) is 3.57. The summed E-state index contributed by atoms with van der Waals surface area (Å²) in [5.41, 5.74) is 7.21. The number of hydrogen-bond acceptors (Lipinski definition) is 3. The lowest BCUT2D eigenvalue weighted by atomic mass is 10.0. The fourth-order valence-corrected chi connectivity index (χ4v) is 3.57. The van der Waals surface area contributed by atoms with Gasteiger partial charge in [-0.15, -0.1) is 0 Å². The normalized spacial score (nSPS) is 12.3. The van der Waals surface area contributed by atoms with E-state index < -0.39 is 0 Å². The molecule has 0 spiro atoms. The van der Waals surface area contributed by atoms with E-state index in [1.54, 1.807) is 6.33 Å². The summed E-state index contributed by atoms with van der Waals surface area (Å²) in [5.74, 6) is 2.48. The van der Waals surface area contributed by atoms with Crippen LogP contribution in [0.25, 0.3) is 44.6 Å². The highest BCUT2D eigenvalue weighted by atomic mass is 16.5. The molecule has 2 N–H and O–H groups in total. The predicted octanol–water partition coefficient (Wildman–Crippen LogP) is 6.63. The number of benzene rings is 3. The molecule has 0 atom stereocenters. The first-order valence-corrected chi connectivity index (χ1v) is 10.2. The summed E-state index contributed by atoms with van der Waals surface area (Å²) in [5, 5.41) is 0. The van der Waals surface area contributed by atoms with Crippen molar-refractivity contribution in [1.82, 2.24) is 19.9 Å². The minimum absolute atomic E-state index is 0.801. The van der Waals surface area contributed by atoms with Crippen molar-refractivity contribution >= 4 is 22.1 Å². The molecule has 0 aliphatic rings. The number of aromatic amines is 2. The number of hydrogen-bond donors (Lipinski definition) is 2. The summed E-state index contributed by atoms with van der Waals surface area (Å²) in [6, 6.07) is 20.5. The number of rotatable bonds is 5. The van der Waals surface area contributed by atoms with Crippen molar-refractivity contribution in [2.75, 3.05) is 0 Å². The number of nitrogens with zero attached hydrogens (tertiary/aromatic N) is 2. The van der Waals surface area contributed by atoms with Crippen molar-refractivity contribution in [1.29, 1.82) is 0 Å². The molecule has 5 aromatic rings. The maximum atomic E-state index is 5.83. The molecule has 0 amide bonds. The van der Waals surface area contributed by atoms with Crippen LogP contribution < -0.4 is 4.74 Å². The predicted molar refractivity (Wildman–Crippen MR) is 126 cm³/mol. The van der Waals surface area contributed by atoms with Crippen LogP contribution in [0.4, 0.5) is 0 Å². The number of H-pyrrole nitrogens is 2. The van der Waals surface area contributed by atoms with Crippen LogP contribution in [-0.2, 0) is 0 Å². The lowest BCUT2D eigenvalue weighted by Gasteiger charge is -2.05. The molecule has 0 unspecified atom stereocenters. The Morgan fingerprint density at radius 3 is 2.35 bits per heavy atom. The molecule has 3 aromatic carbocycles. The molecule has 0 saturated carbocycles. The van der Waals surface area contributed by atoms with Crippen molar-refractivity contribution in [3.63, 3.8) is 0 Å². The van der Waals surface area contributed by atoms with Gasteiger partial charge in [0.15, 0.2) is 0 Å². The molecule has 2 heterocycles. The quantitative estimate of drug-likeness (QED) is 0.254. The van der Waals surface area contributed by atoms with Crippen LogP contribution in [0.1, 0.15) is 13.8 Å². The van der Waals surface area contributed by atoms with Crippen LogP contribution >= 0.6 is 0 Å².